The predicted molar refractivity (Wildman–Crippen MR) is 74.1 cm³/mol. The number of ether oxygens (including phenoxy) is 1. The van der Waals surface area contributed by atoms with E-state index in [9.17, 15) is 4.79 Å². The van der Waals surface area contributed by atoms with E-state index >= 15 is 0 Å². The first-order valence-corrected chi connectivity index (χ1v) is 6.36. The molecular formula is C14H15ClN2O2. The molecule has 0 radical (unpaired) electrons. The van der Waals surface area contributed by atoms with Crippen LogP contribution in [0.15, 0.2) is 24.4 Å². The molecule has 4 nitrogen and oxygen atoms in total. The van der Waals surface area contributed by atoms with Gasteiger partial charge in [-0.1, -0.05) is 11.6 Å². The second-order valence-corrected chi connectivity index (χ2v) is 4.66. The molecule has 0 aliphatic carbocycles. The average Bonchev–Trinajstić information content (AvgIpc) is 2.79. The maximum Gasteiger partial charge on any atom is 0.214 e. The van der Waals surface area contributed by atoms with E-state index in [0.717, 1.165) is 5.56 Å². The molecule has 100 valence electrons. The number of ketones is 1. The Bertz CT molecular complexity index is 578. The monoisotopic (exact) mass is 278 g/mol. The van der Waals surface area contributed by atoms with E-state index in [4.69, 9.17) is 16.3 Å². The number of aromatic nitrogens is 2. The van der Waals surface area contributed by atoms with Crippen LogP contribution in [0.2, 0.25) is 5.02 Å². The molecule has 0 saturated carbocycles. The lowest BCUT2D eigenvalue weighted by molar-refractivity contribution is 0.102. The summed E-state index contributed by atoms with van der Waals surface area (Å²) in [6.07, 6.45) is 1.55. The fourth-order valence-electron chi connectivity index (χ4n) is 1.99. The molecule has 0 N–H and O–H groups in total. The number of nitrogens with zero attached hydrogens (tertiary/aromatic N) is 2. The van der Waals surface area contributed by atoms with E-state index in [2.05, 4.69) is 5.10 Å². The van der Waals surface area contributed by atoms with Crippen molar-refractivity contribution >= 4 is 17.4 Å². The molecule has 2 aromatic rings. The summed E-state index contributed by atoms with van der Waals surface area (Å²) in [6.45, 7) is 4.42. The van der Waals surface area contributed by atoms with Gasteiger partial charge in [0.1, 0.15) is 0 Å². The summed E-state index contributed by atoms with van der Waals surface area (Å²) in [5.41, 5.74) is 1.93. The number of hydrogen-bond donors (Lipinski definition) is 0. The number of carbonyl (C=O) groups excluding carboxylic acids is 1. The standard InChI is InChI=1S/C14H15ClN2O2/c1-4-17-13(12(19-3)8-16-17)14(18)10-5-9(2)6-11(15)7-10/h5-8H,4H2,1-3H3. The Hall–Kier alpha value is -1.81. The normalized spacial score (nSPS) is 10.5. The first kappa shape index (κ1) is 13.6. The first-order chi connectivity index (χ1) is 9.06. The Morgan fingerprint density at radius 3 is 2.74 bits per heavy atom. The highest BCUT2D eigenvalue weighted by atomic mass is 35.5. The quantitative estimate of drug-likeness (QED) is 0.807. The van der Waals surface area contributed by atoms with E-state index in [-0.39, 0.29) is 5.78 Å². The van der Waals surface area contributed by atoms with Crippen molar-refractivity contribution in [2.45, 2.75) is 20.4 Å². The zero-order valence-electron chi connectivity index (χ0n) is 11.1. The van der Waals surface area contributed by atoms with Crippen LogP contribution in [-0.2, 0) is 6.54 Å². The van der Waals surface area contributed by atoms with E-state index < -0.39 is 0 Å². The Balaban J connectivity index is 2.52. The molecule has 19 heavy (non-hydrogen) atoms. The summed E-state index contributed by atoms with van der Waals surface area (Å²) >= 11 is 6.00. The van der Waals surface area contributed by atoms with Crippen LogP contribution in [0.4, 0.5) is 0 Å². The predicted octanol–water partition coefficient (Wildman–Crippen LogP) is 3.10. The number of benzene rings is 1. The molecule has 0 unspecified atom stereocenters. The van der Waals surface area contributed by atoms with Crippen LogP contribution in [0.25, 0.3) is 0 Å². The van der Waals surface area contributed by atoms with Gasteiger partial charge in [-0.2, -0.15) is 5.10 Å². The van der Waals surface area contributed by atoms with Crippen LogP contribution in [0, 0.1) is 6.92 Å². The number of halogens is 1. The second-order valence-electron chi connectivity index (χ2n) is 4.22. The highest BCUT2D eigenvalue weighted by Gasteiger charge is 2.20. The highest BCUT2D eigenvalue weighted by molar-refractivity contribution is 6.31. The van der Waals surface area contributed by atoms with Gasteiger partial charge in [0.2, 0.25) is 5.78 Å². The van der Waals surface area contributed by atoms with Gasteiger partial charge in [0, 0.05) is 17.1 Å². The number of aryl methyl sites for hydroxylation is 2. The van der Waals surface area contributed by atoms with E-state index in [1.807, 2.05) is 19.9 Å². The molecular weight excluding hydrogens is 264 g/mol. The lowest BCUT2D eigenvalue weighted by atomic mass is 10.1. The fraction of sp³-hybridized carbons (Fsp3) is 0.286. The van der Waals surface area contributed by atoms with Gasteiger partial charge < -0.3 is 4.74 Å². The number of rotatable bonds is 4. The van der Waals surface area contributed by atoms with Gasteiger partial charge in [-0.25, -0.2) is 0 Å². The summed E-state index contributed by atoms with van der Waals surface area (Å²) in [4.78, 5) is 12.6. The minimum atomic E-state index is -0.137. The van der Waals surface area contributed by atoms with Crippen molar-refractivity contribution in [1.29, 1.82) is 0 Å². The Morgan fingerprint density at radius 2 is 2.16 bits per heavy atom. The van der Waals surface area contributed by atoms with Crippen LogP contribution in [0.1, 0.15) is 28.5 Å². The topological polar surface area (TPSA) is 44.1 Å². The molecule has 0 bridgehead atoms. The van der Waals surface area contributed by atoms with E-state index in [0.29, 0.717) is 28.6 Å². The summed E-state index contributed by atoms with van der Waals surface area (Å²) in [5, 5.41) is 4.68. The van der Waals surface area contributed by atoms with Gasteiger partial charge in [0.05, 0.1) is 13.3 Å². The SMILES string of the molecule is CCn1ncc(OC)c1C(=O)c1cc(C)cc(Cl)c1. The number of carbonyl (C=O) groups is 1. The third-order valence-corrected chi connectivity index (χ3v) is 3.06. The lowest BCUT2D eigenvalue weighted by Gasteiger charge is -2.07. The highest BCUT2D eigenvalue weighted by Crippen LogP contribution is 2.23. The summed E-state index contributed by atoms with van der Waals surface area (Å²) in [6, 6.07) is 5.27. The molecule has 1 heterocycles. The molecule has 0 aliphatic rings. The van der Waals surface area contributed by atoms with Gasteiger partial charge in [-0.3, -0.25) is 9.48 Å². The molecule has 0 aliphatic heterocycles. The Morgan fingerprint density at radius 1 is 1.42 bits per heavy atom. The van der Waals surface area contributed by atoms with E-state index in [1.54, 1.807) is 23.0 Å². The van der Waals surface area contributed by atoms with Crippen LogP contribution in [-0.4, -0.2) is 22.7 Å². The Labute approximate surface area is 116 Å². The van der Waals surface area contributed by atoms with Gasteiger partial charge in [-0.05, 0) is 37.6 Å². The fourth-order valence-corrected chi connectivity index (χ4v) is 2.28. The third-order valence-electron chi connectivity index (χ3n) is 2.84. The van der Waals surface area contributed by atoms with Crippen LogP contribution in [0.3, 0.4) is 0 Å². The molecule has 0 saturated heterocycles. The maximum atomic E-state index is 12.6. The molecule has 0 atom stereocenters. The van der Waals surface area contributed by atoms with Crippen molar-refractivity contribution in [2.75, 3.05) is 7.11 Å². The van der Waals surface area contributed by atoms with Crippen molar-refractivity contribution in [1.82, 2.24) is 9.78 Å². The van der Waals surface area contributed by atoms with Crippen molar-refractivity contribution in [3.63, 3.8) is 0 Å². The van der Waals surface area contributed by atoms with Crippen LogP contribution >= 0.6 is 11.6 Å². The molecule has 1 aromatic carbocycles. The lowest BCUT2D eigenvalue weighted by Crippen LogP contribution is -2.12. The summed E-state index contributed by atoms with van der Waals surface area (Å²) in [7, 11) is 1.52. The minimum absolute atomic E-state index is 0.137. The molecule has 2 rings (SSSR count). The molecule has 0 fully saturated rings. The zero-order valence-corrected chi connectivity index (χ0v) is 11.9. The Kier molecular flexibility index (Phi) is 3.90. The molecule has 1 aromatic heterocycles. The summed E-state index contributed by atoms with van der Waals surface area (Å²) < 4.78 is 6.82. The smallest absolute Gasteiger partial charge is 0.214 e. The molecule has 5 heteroatoms. The maximum absolute atomic E-state index is 12.6. The first-order valence-electron chi connectivity index (χ1n) is 5.98. The van der Waals surface area contributed by atoms with Gasteiger partial charge >= 0.3 is 0 Å². The van der Waals surface area contributed by atoms with Crippen molar-refractivity contribution in [3.05, 3.63) is 46.2 Å². The average molecular weight is 279 g/mol. The van der Waals surface area contributed by atoms with Crippen LogP contribution in [0.5, 0.6) is 5.75 Å². The van der Waals surface area contributed by atoms with Gasteiger partial charge in [-0.15, -0.1) is 0 Å². The van der Waals surface area contributed by atoms with Gasteiger partial charge in [0.15, 0.2) is 11.4 Å². The number of hydrogen-bond acceptors (Lipinski definition) is 3. The van der Waals surface area contributed by atoms with Gasteiger partial charge in [0.25, 0.3) is 0 Å². The largest absolute Gasteiger partial charge is 0.493 e. The van der Waals surface area contributed by atoms with Crippen molar-refractivity contribution < 1.29 is 9.53 Å². The summed E-state index contributed by atoms with van der Waals surface area (Å²) in [5.74, 6) is 0.339. The number of methoxy groups -OCH3 is 1. The molecule has 0 spiro atoms. The van der Waals surface area contributed by atoms with E-state index in [1.165, 1.54) is 7.11 Å². The minimum Gasteiger partial charge on any atom is -0.493 e. The van der Waals surface area contributed by atoms with Crippen molar-refractivity contribution in [2.24, 2.45) is 0 Å². The third kappa shape index (κ3) is 2.63. The molecule has 0 amide bonds. The van der Waals surface area contributed by atoms with Crippen LogP contribution < -0.4 is 4.74 Å². The second kappa shape index (κ2) is 5.45. The zero-order chi connectivity index (χ0) is 14.0. The van der Waals surface area contributed by atoms with Crippen molar-refractivity contribution in [3.8, 4) is 5.75 Å².